The standard InChI is InChI=1S/C8H5ClF2N2O/c1-14-7-4(2-12)6(8(10)11)13-3-5(7)9/h3,8H,1H3. The molecule has 0 fully saturated rings. The summed E-state index contributed by atoms with van der Waals surface area (Å²) in [4.78, 5) is 3.37. The van der Waals surface area contributed by atoms with Crippen molar-refractivity contribution in [2.75, 3.05) is 7.11 Å². The molecule has 0 bridgehead atoms. The minimum Gasteiger partial charge on any atom is -0.494 e. The Balaban J connectivity index is 3.43. The van der Waals surface area contributed by atoms with E-state index in [0.717, 1.165) is 6.20 Å². The number of alkyl halides is 2. The van der Waals surface area contributed by atoms with Crippen LogP contribution in [-0.2, 0) is 0 Å². The van der Waals surface area contributed by atoms with Crippen LogP contribution in [0.3, 0.4) is 0 Å². The topological polar surface area (TPSA) is 45.9 Å². The van der Waals surface area contributed by atoms with E-state index in [1.54, 1.807) is 6.07 Å². The summed E-state index contributed by atoms with van der Waals surface area (Å²) in [5.41, 5.74) is -0.941. The molecule has 0 spiro atoms. The third kappa shape index (κ3) is 1.75. The number of pyridine rings is 1. The van der Waals surface area contributed by atoms with Crippen LogP contribution in [0.25, 0.3) is 0 Å². The van der Waals surface area contributed by atoms with E-state index in [-0.39, 0.29) is 16.3 Å². The molecule has 0 atom stereocenters. The SMILES string of the molecule is COc1c(Cl)cnc(C(F)F)c1C#N. The molecule has 6 heteroatoms. The highest BCUT2D eigenvalue weighted by Crippen LogP contribution is 2.32. The maximum atomic E-state index is 12.4. The van der Waals surface area contributed by atoms with E-state index in [0.29, 0.717) is 0 Å². The van der Waals surface area contributed by atoms with Gasteiger partial charge in [0, 0.05) is 6.20 Å². The predicted molar refractivity (Wildman–Crippen MR) is 45.5 cm³/mol. The van der Waals surface area contributed by atoms with Crippen molar-refractivity contribution < 1.29 is 13.5 Å². The summed E-state index contributed by atoms with van der Waals surface area (Å²) < 4.78 is 29.4. The van der Waals surface area contributed by atoms with E-state index >= 15 is 0 Å². The van der Waals surface area contributed by atoms with Gasteiger partial charge in [0.25, 0.3) is 6.43 Å². The summed E-state index contributed by atoms with van der Waals surface area (Å²) in [5, 5.41) is 8.68. The van der Waals surface area contributed by atoms with Gasteiger partial charge in [-0.15, -0.1) is 0 Å². The summed E-state index contributed by atoms with van der Waals surface area (Å²) in [6.07, 6.45) is -1.79. The first kappa shape index (κ1) is 10.7. The normalized spacial score (nSPS) is 10.0. The summed E-state index contributed by atoms with van der Waals surface area (Å²) in [5.74, 6) is -0.0699. The molecule has 1 aromatic rings. The van der Waals surface area contributed by atoms with Gasteiger partial charge in [0.1, 0.15) is 22.3 Å². The molecule has 1 heterocycles. The van der Waals surface area contributed by atoms with Gasteiger partial charge in [-0.25, -0.2) is 8.78 Å². The van der Waals surface area contributed by atoms with Crippen LogP contribution in [0.4, 0.5) is 8.78 Å². The number of ether oxygens (including phenoxy) is 1. The Morgan fingerprint density at radius 3 is 2.71 bits per heavy atom. The Hall–Kier alpha value is -1.41. The van der Waals surface area contributed by atoms with E-state index < -0.39 is 12.1 Å². The minimum absolute atomic E-state index is 0.0356. The number of nitrogens with zero attached hydrogens (tertiary/aromatic N) is 2. The third-order valence-corrected chi connectivity index (χ3v) is 1.81. The number of rotatable bonds is 2. The highest BCUT2D eigenvalue weighted by molar-refractivity contribution is 6.32. The molecule has 0 aliphatic heterocycles. The van der Waals surface area contributed by atoms with Gasteiger partial charge >= 0.3 is 0 Å². The van der Waals surface area contributed by atoms with Crippen LogP contribution >= 0.6 is 11.6 Å². The second kappa shape index (κ2) is 4.20. The zero-order valence-corrected chi connectivity index (χ0v) is 7.85. The zero-order valence-electron chi connectivity index (χ0n) is 7.09. The highest BCUT2D eigenvalue weighted by Gasteiger charge is 2.20. The summed E-state index contributed by atoms with van der Waals surface area (Å²) in [6, 6.07) is 1.59. The van der Waals surface area contributed by atoms with E-state index in [2.05, 4.69) is 4.98 Å². The van der Waals surface area contributed by atoms with E-state index in [1.807, 2.05) is 0 Å². The van der Waals surface area contributed by atoms with Crippen LogP contribution in [0, 0.1) is 11.3 Å². The number of halogens is 3. The van der Waals surface area contributed by atoms with Gasteiger partial charge in [-0.1, -0.05) is 11.6 Å². The van der Waals surface area contributed by atoms with Crippen LogP contribution in [0.1, 0.15) is 17.7 Å². The van der Waals surface area contributed by atoms with Crippen molar-refractivity contribution in [2.45, 2.75) is 6.43 Å². The molecule has 0 saturated heterocycles. The van der Waals surface area contributed by atoms with Crippen LogP contribution in [0.2, 0.25) is 5.02 Å². The van der Waals surface area contributed by atoms with E-state index in [9.17, 15) is 8.78 Å². The fourth-order valence-electron chi connectivity index (χ4n) is 0.958. The van der Waals surface area contributed by atoms with E-state index in [1.165, 1.54) is 7.11 Å². The van der Waals surface area contributed by atoms with Gasteiger partial charge in [0.2, 0.25) is 0 Å². The molecule has 0 unspecified atom stereocenters. The lowest BCUT2D eigenvalue weighted by molar-refractivity contribution is 0.145. The Kier molecular flexibility index (Phi) is 3.20. The average molecular weight is 219 g/mol. The summed E-state index contributed by atoms with van der Waals surface area (Å²) in [7, 11) is 1.25. The van der Waals surface area contributed by atoms with Crippen molar-refractivity contribution in [3.8, 4) is 11.8 Å². The molecular formula is C8H5ClF2N2O. The molecule has 0 radical (unpaired) electrons. The molecule has 0 N–H and O–H groups in total. The fourth-order valence-corrected chi connectivity index (χ4v) is 1.18. The van der Waals surface area contributed by atoms with Crippen molar-refractivity contribution in [3.05, 3.63) is 22.5 Å². The quantitative estimate of drug-likeness (QED) is 0.766. The third-order valence-electron chi connectivity index (χ3n) is 1.54. The van der Waals surface area contributed by atoms with Gasteiger partial charge < -0.3 is 4.74 Å². The first-order valence-corrected chi connectivity index (χ1v) is 3.90. The van der Waals surface area contributed by atoms with Gasteiger partial charge in [0.15, 0.2) is 5.75 Å². The Morgan fingerprint density at radius 2 is 2.29 bits per heavy atom. The van der Waals surface area contributed by atoms with Gasteiger partial charge in [0.05, 0.1) is 7.11 Å². The van der Waals surface area contributed by atoms with Crippen molar-refractivity contribution in [1.82, 2.24) is 4.98 Å². The zero-order chi connectivity index (χ0) is 10.7. The number of aromatic nitrogens is 1. The summed E-state index contributed by atoms with van der Waals surface area (Å²) in [6.45, 7) is 0. The molecule has 0 aromatic carbocycles. The first-order valence-electron chi connectivity index (χ1n) is 3.52. The van der Waals surface area contributed by atoms with Crippen LogP contribution in [0.15, 0.2) is 6.20 Å². The van der Waals surface area contributed by atoms with Gasteiger partial charge in [-0.05, 0) is 0 Å². The molecular weight excluding hydrogens is 214 g/mol. The van der Waals surface area contributed by atoms with Crippen molar-refractivity contribution in [3.63, 3.8) is 0 Å². The van der Waals surface area contributed by atoms with Crippen molar-refractivity contribution in [2.24, 2.45) is 0 Å². The average Bonchev–Trinajstić information content (AvgIpc) is 2.16. The number of hydrogen-bond acceptors (Lipinski definition) is 3. The smallest absolute Gasteiger partial charge is 0.281 e. The molecule has 1 aromatic heterocycles. The van der Waals surface area contributed by atoms with E-state index in [4.69, 9.17) is 21.6 Å². The first-order chi connectivity index (χ1) is 6.61. The highest BCUT2D eigenvalue weighted by atomic mass is 35.5. The maximum Gasteiger partial charge on any atom is 0.281 e. The lowest BCUT2D eigenvalue weighted by Gasteiger charge is -2.07. The molecule has 14 heavy (non-hydrogen) atoms. The molecule has 1 rings (SSSR count). The lowest BCUT2D eigenvalue weighted by atomic mass is 10.2. The number of hydrogen-bond donors (Lipinski definition) is 0. The molecule has 74 valence electrons. The Labute approximate surface area is 83.9 Å². The van der Waals surface area contributed by atoms with Crippen LogP contribution in [0.5, 0.6) is 5.75 Å². The second-order valence-corrected chi connectivity index (χ2v) is 2.72. The second-order valence-electron chi connectivity index (χ2n) is 2.31. The molecule has 0 aliphatic rings. The summed E-state index contributed by atoms with van der Waals surface area (Å²) >= 11 is 5.60. The van der Waals surface area contributed by atoms with Crippen LogP contribution < -0.4 is 4.74 Å². The molecule has 0 saturated carbocycles. The van der Waals surface area contributed by atoms with Crippen molar-refractivity contribution in [1.29, 1.82) is 5.26 Å². The molecule has 0 amide bonds. The Bertz CT molecular complexity index is 390. The lowest BCUT2D eigenvalue weighted by Crippen LogP contribution is -1.99. The molecule has 0 aliphatic carbocycles. The minimum atomic E-state index is -2.82. The largest absolute Gasteiger partial charge is 0.494 e. The number of methoxy groups -OCH3 is 1. The monoisotopic (exact) mass is 218 g/mol. The maximum absolute atomic E-state index is 12.4. The van der Waals surface area contributed by atoms with Gasteiger partial charge in [-0.2, -0.15) is 5.26 Å². The van der Waals surface area contributed by atoms with Crippen LogP contribution in [-0.4, -0.2) is 12.1 Å². The Morgan fingerprint density at radius 1 is 1.64 bits per heavy atom. The van der Waals surface area contributed by atoms with Crippen molar-refractivity contribution >= 4 is 11.6 Å². The number of nitriles is 1. The predicted octanol–water partition coefficient (Wildman–Crippen LogP) is 2.55. The van der Waals surface area contributed by atoms with Gasteiger partial charge in [-0.3, -0.25) is 4.98 Å². The molecule has 3 nitrogen and oxygen atoms in total. The fraction of sp³-hybridized carbons (Fsp3) is 0.250.